The number of sulfone groups is 1. The lowest BCUT2D eigenvalue weighted by Crippen LogP contribution is -2.38. The Bertz CT molecular complexity index is 909. The fraction of sp³-hybridized carbons (Fsp3) is 0.762. The molecule has 4 rings (SSSR count). The minimum absolute atomic E-state index is 0.0263. The number of hydrogen-bond donors (Lipinski definition) is 0. The summed E-state index contributed by atoms with van der Waals surface area (Å²) in [7, 11) is -3.32. The van der Waals surface area contributed by atoms with Gasteiger partial charge in [-0.2, -0.15) is 0 Å². The number of likely N-dealkylation sites (tertiary alicyclic amines) is 1. The van der Waals surface area contributed by atoms with Crippen LogP contribution in [0.15, 0.2) is 6.20 Å². The van der Waals surface area contributed by atoms with Gasteiger partial charge in [-0.3, -0.25) is 4.79 Å². The number of hydrogen-bond acceptors (Lipinski definition) is 6. The molecule has 0 aliphatic carbocycles. The number of anilines is 1. The summed E-state index contributed by atoms with van der Waals surface area (Å²) < 4.78 is 25.8. The van der Waals surface area contributed by atoms with Gasteiger partial charge >= 0.3 is 0 Å². The molecule has 8 heteroatoms. The number of fused-ring (bicyclic) bond motifs is 3. The van der Waals surface area contributed by atoms with E-state index < -0.39 is 15.1 Å². The van der Waals surface area contributed by atoms with Crippen LogP contribution in [0.3, 0.4) is 0 Å². The lowest BCUT2D eigenvalue weighted by atomic mass is 9.91. The smallest absolute Gasteiger partial charge is 0.225 e. The molecule has 7 nitrogen and oxygen atoms in total. The SMILES string of the molecule is C[C@H]1CCCN(c2ncc3c(n2)[C@H]2CN(C(=O)CC(C)(C)C)C[C@H]2S(=O)(=O)C3)C1. The van der Waals surface area contributed by atoms with Crippen LogP contribution in [0.5, 0.6) is 0 Å². The van der Waals surface area contributed by atoms with E-state index >= 15 is 0 Å². The standard InChI is InChI=1S/C21H32N4O3S/c1-14-6-5-7-24(10-14)20-22-9-15-13-29(27,28)17-12-25(11-16(17)19(15)23-20)18(26)8-21(2,3)4/h9,14,16-17H,5-8,10-13H2,1-4H3/t14-,16-,17+/m0/s1. The summed E-state index contributed by atoms with van der Waals surface area (Å²) in [4.78, 5) is 26.1. The lowest BCUT2D eigenvalue weighted by Gasteiger charge is -2.32. The molecule has 0 N–H and O–H groups in total. The van der Waals surface area contributed by atoms with E-state index in [2.05, 4.69) is 16.8 Å². The van der Waals surface area contributed by atoms with Crippen LogP contribution < -0.4 is 4.90 Å². The molecular formula is C21H32N4O3S. The molecule has 3 aliphatic heterocycles. The third-order valence-corrected chi connectivity index (χ3v) is 8.41. The van der Waals surface area contributed by atoms with Crippen LogP contribution in [0.25, 0.3) is 0 Å². The van der Waals surface area contributed by atoms with E-state index in [4.69, 9.17) is 4.98 Å². The van der Waals surface area contributed by atoms with Crippen molar-refractivity contribution in [2.24, 2.45) is 11.3 Å². The van der Waals surface area contributed by atoms with Crippen molar-refractivity contribution < 1.29 is 13.2 Å². The van der Waals surface area contributed by atoms with E-state index in [-0.39, 0.29) is 29.5 Å². The fourth-order valence-electron chi connectivity index (χ4n) is 4.86. The third kappa shape index (κ3) is 4.13. The highest BCUT2D eigenvalue weighted by Gasteiger charge is 2.48. The van der Waals surface area contributed by atoms with Crippen molar-refractivity contribution in [2.45, 2.75) is 63.9 Å². The second kappa shape index (κ2) is 7.22. The van der Waals surface area contributed by atoms with Crippen LogP contribution in [0.4, 0.5) is 5.95 Å². The molecule has 0 bridgehead atoms. The Hall–Kier alpha value is -1.70. The van der Waals surface area contributed by atoms with Crippen molar-refractivity contribution in [2.75, 3.05) is 31.1 Å². The first-order valence-electron chi connectivity index (χ1n) is 10.6. The second-order valence-electron chi connectivity index (χ2n) is 10.3. The van der Waals surface area contributed by atoms with E-state index in [0.717, 1.165) is 25.2 Å². The maximum atomic E-state index is 12.9. The summed E-state index contributed by atoms with van der Waals surface area (Å²) in [5, 5.41) is -0.554. The molecule has 0 saturated carbocycles. The molecule has 0 aromatic carbocycles. The molecule has 2 fully saturated rings. The number of piperidine rings is 1. The number of carbonyl (C=O) groups excluding carboxylic acids is 1. The Morgan fingerprint density at radius 1 is 1.24 bits per heavy atom. The second-order valence-corrected chi connectivity index (χ2v) is 12.5. The Morgan fingerprint density at radius 2 is 2.00 bits per heavy atom. The third-order valence-electron chi connectivity index (χ3n) is 6.29. The molecule has 4 heterocycles. The number of nitrogens with zero attached hydrogens (tertiary/aromatic N) is 4. The van der Waals surface area contributed by atoms with Crippen LogP contribution in [0, 0.1) is 11.3 Å². The topological polar surface area (TPSA) is 83.5 Å². The van der Waals surface area contributed by atoms with Gasteiger partial charge in [-0.25, -0.2) is 18.4 Å². The molecule has 0 radical (unpaired) electrons. The monoisotopic (exact) mass is 420 g/mol. The van der Waals surface area contributed by atoms with Crippen LogP contribution >= 0.6 is 0 Å². The predicted octanol–water partition coefficient (Wildman–Crippen LogP) is 2.37. The van der Waals surface area contributed by atoms with E-state index in [1.165, 1.54) is 6.42 Å². The summed E-state index contributed by atoms with van der Waals surface area (Å²) >= 11 is 0. The molecule has 2 saturated heterocycles. The molecule has 1 aromatic heterocycles. The average Bonchev–Trinajstić information content (AvgIpc) is 3.07. The summed E-state index contributed by atoms with van der Waals surface area (Å²) in [5.74, 6) is 1.06. The highest BCUT2D eigenvalue weighted by Crippen LogP contribution is 2.40. The highest BCUT2D eigenvalue weighted by atomic mass is 32.2. The first kappa shape index (κ1) is 20.6. The molecule has 1 aromatic rings. The largest absolute Gasteiger partial charge is 0.341 e. The quantitative estimate of drug-likeness (QED) is 0.730. The van der Waals surface area contributed by atoms with Gasteiger partial charge in [0.05, 0.1) is 16.7 Å². The lowest BCUT2D eigenvalue weighted by molar-refractivity contribution is -0.132. The zero-order valence-electron chi connectivity index (χ0n) is 17.9. The van der Waals surface area contributed by atoms with Crippen LogP contribution in [-0.2, 0) is 20.4 Å². The summed E-state index contributed by atoms with van der Waals surface area (Å²) in [6.07, 6.45) is 4.46. The Balaban J connectivity index is 1.63. The van der Waals surface area contributed by atoms with E-state index in [1.807, 2.05) is 20.8 Å². The number of amides is 1. The summed E-state index contributed by atoms with van der Waals surface area (Å²) in [5.41, 5.74) is 1.41. The minimum Gasteiger partial charge on any atom is -0.341 e. The maximum absolute atomic E-state index is 12.9. The normalized spacial score (nSPS) is 28.8. The molecule has 160 valence electrons. The van der Waals surface area contributed by atoms with E-state index in [0.29, 0.717) is 30.4 Å². The molecule has 0 spiro atoms. The number of aromatic nitrogens is 2. The van der Waals surface area contributed by atoms with Gasteiger partial charge in [-0.15, -0.1) is 0 Å². The zero-order valence-corrected chi connectivity index (χ0v) is 18.7. The van der Waals surface area contributed by atoms with Gasteiger partial charge in [0, 0.05) is 50.3 Å². The summed E-state index contributed by atoms with van der Waals surface area (Å²) in [6, 6.07) is 0. The molecular weight excluding hydrogens is 388 g/mol. The van der Waals surface area contributed by atoms with Gasteiger partial charge in [-0.05, 0) is 24.2 Å². The highest BCUT2D eigenvalue weighted by molar-refractivity contribution is 7.91. The van der Waals surface area contributed by atoms with Crippen molar-refractivity contribution in [3.8, 4) is 0 Å². The van der Waals surface area contributed by atoms with Gasteiger partial charge in [0.1, 0.15) is 0 Å². The Morgan fingerprint density at radius 3 is 2.69 bits per heavy atom. The first-order valence-corrected chi connectivity index (χ1v) is 12.4. The molecule has 1 amide bonds. The van der Waals surface area contributed by atoms with E-state index in [1.54, 1.807) is 11.1 Å². The predicted molar refractivity (Wildman–Crippen MR) is 112 cm³/mol. The maximum Gasteiger partial charge on any atom is 0.225 e. The zero-order chi connectivity index (χ0) is 21.0. The summed E-state index contributed by atoms with van der Waals surface area (Å²) in [6.45, 7) is 10.9. The number of carbonyl (C=O) groups is 1. The molecule has 29 heavy (non-hydrogen) atoms. The van der Waals surface area contributed by atoms with Crippen LogP contribution in [0.1, 0.15) is 64.1 Å². The van der Waals surface area contributed by atoms with Crippen molar-refractivity contribution in [1.29, 1.82) is 0 Å². The van der Waals surface area contributed by atoms with Gasteiger partial charge in [0.2, 0.25) is 11.9 Å². The van der Waals surface area contributed by atoms with Crippen molar-refractivity contribution in [3.05, 3.63) is 17.5 Å². The van der Waals surface area contributed by atoms with Gasteiger partial charge in [-0.1, -0.05) is 27.7 Å². The van der Waals surface area contributed by atoms with Crippen molar-refractivity contribution in [1.82, 2.24) is 14.9 Å². The molecule has 0 unspecified atom stereocenters. The first-order chi connectivity index (χ1) is 13.5. The fourth-order valence-corrected chi connectivity index (χ4v) is 6.85. The molecule has 3 atom stereocenters. The number of rotatable bonds is 2. The Labute approximate surface area is 173 Å². The van der Waals surface area contributed by atoms with E-state index in [9.17, 15) is 13.2 Å². The average molecular weight is 421 g/mol. The van der Waals surface area contributed by atoms with Crippen molar-refractivity contribution in [3.63, 3.8) is 0 Å². The van der Waals surface area contributed by atoms with Gasteiger partial charge < -0.3 is 9.80 Å². The minimum atomic E-state index is -3.32. The van der Waals surface area contributed by atoms with Crippen LogP contribution in [-0.4, -0.2) is 60.6 Å². The Kier molecular flexibility index (Phi) is 5.12. The van der Waals surface area contributed by atoms with Gasteiger partial charge in [0.15, 0.2) is 9.84 Å². The van der Waals surface area contributed by atoms with Crippen LogP contribution in [0.2, 0.25) is 0 Å². The molecule has 3 aliphatic rings. The van der Waals surface area contributed by atoms with Crippen molar-refractivity contribution >= 4 is 21.7 Å². The van der Waals surface area contributed by atoms with Gasteiger partial charge in [0.25, 0.3) is 0 Å².